The van der Waals surface area contributed by atoms with Crippen LogP contribution in [-0.4, -0.2) is 25.2 Å². The minimum atomic E-state index is 0.244. The summed E-state index contributed by atoms with van der Waals surface area (Å²) in [5.74, 6) is 0. The van der Waals surface area contributed by atoms with Crippen LogP contribution in [0.4, 0.5) is 5.69 Å². The fourth-order valence-corrected chi connectivity index (χ4v) is 3.00. The van der Waals surface area contributed by atoms with Gasteiger partial charge in [0.05, 0.1) is 0 Å². The van der Waals surface area contributed by atoms with E-state index in [1.54, 1.807) is 0 Å². The first-order chi connectivity index (χ1) is 7.92. The Balaban J connectivity index is 2.33. The molecule has 1 saturated heterocycles. The van der Waals surface area contributed by atoms with Crippen LogP contribution in [0.5, 0.6) is 0 Å². The van der Waals surface area contributed by atoms with Crippen LogP contribution < -0.4 is 10.2 Å². The van der Waals surface area contributed by atoms with Gasteiger partial charge in [-0.05, 0) is 64.4 Å². The van der Waals surface area contributed by atoms with Crippen LogP contribution in [0.25, 0.3) is 0 Å². The quantitative estimate of drug-likeness (QED) is 0.843. The van der Waals surface area contributed by atoms with Crippen molar-refractivity contribution in [3.8, 4) is 0 Å². The first-order valence-electron chi connectivity index (χ1n) is 6.45. The molecular formula is C15H24N2. The Morgan fingerprint density at radius 2 is 1.76 bits per heavy atom. The van der Waals surface area contributed by atoms with E-state index in [2.05, 4.69) is 63.2 Å². The summed E-state index contributed by atoms with van der Waals surface area (Å²) < 4.78 is 0. The molecule has 1 N–H and O–H groups in total. The number of benzene rings is 1. The fourth-order valence-electron chi connectivity index (χ4n) is 3.00. The first-order valence-corrected chi connectivity index (χ1v) is 6.45. The molecule has 0 radical (unpaired) electrons. The summed E-state index contributed by atoms with van der Waals surface area (Å²) in [6, 6.07) is 7.44. The lowest BCUT2D eigenvalue weighted by molar-refractivity contribution is 0.487. The molecule has 1 unspecified atom stereocenters. The maximum Gasteiger partial charge on any atom is 0.0376 e. The Hall–Kier alpha value is -1.02. The third-order valence-corrected chi connectivity index (χ3v) is 3.81. The normalized spacial score (nSPS) is 23.1. The summed E-state index contributed by atoms with van der Waals surface area (Å²) in [5, 5.41) is 3.41. The molecule has 0 amide bonds. The molecular weight excluding hydrogens is 208 g/mol. The molecule has 94 valence electrons. The number of nitrogens with zero attached hydrogens (tertiary/aromatic N) is 1. The highest BCUT2D eigenvalue weighted by molar-refractivity contribution is 5.54. The third kappa shape index (κ3) is 2.47. The molecule has 1 aliphatic heterocycles. The second-order valence-electron chi connectivity index (χ2n) is 5.96. The van der Waals surface area contributed by atoms with Gasteiger partial charge in [-0.1, -0.05) is 6.07 Å². The maximum absolute atomic E-state index is 3.41. The average Bonchev–Trinajstić information content (AvgIpc) is 2.52. The van der Waals surface area contributed by atoms with Crippen molar-refractivity contribution in [3.05, 3.63) is 29.3 Å². The minimum absolute atomic E-state index is 0.244. The van der Waals surface area contributed by atoms with Gasteiger partial charge in [0, 0.05) is 23.8 Å². The molecule has 2 nitrogen and oxygen atoms in total. The van der Waals surface area contributed by atoms with Gasteiger partial charge in [0.2, 0.25) is 0 Å². The van der Waals surface area contributed by atoms with E-state index >= 15 is 0 Å². The highest BCUT2D eigenvalue weighted by atomic mass is 15.2. The minimum Gasteiger partial charge on any atom is -0.365 e. The molecule has 0 bridgehead atoms. The van der Waals surface area contributed by atoms with Crippen LogP contribution in [0, 0.1) is 13.8 Å². The van der Waals surface area contributed by atoms with Crippen LogP contribution in [-0.2, 0) is 0 Å². The Morgan fingerprint density at radius 3 is 2.24 bits per heavy atom. The lowest BCUT2D eigenvalue weighted by Gasteiger charge is -2.34. The van der Waals surface area contributed by atoms with Crippen molar-refractivity contribution < 1.29 is 0 Å². The predicted octanol–water partition coefficient (Wildman–Crippen LogP) is 2.88. The zero-order valence-corrected chi connectivity index (χ0v) is 11.7. The van der Waals surface area contributed by atoms with Crippen LogP contribution in [0.3, 0.4) is 0 Å². The molecule has 1 aliphatic rings. The van der Waals surface area contributed by atoms with E-state index in [1.807, 2.05) is 0 Å². The average molecular weight is 232 g/mol. The predicted molar refractivity (Wildman–Crippen MR) is 74.8 cm³/mol. The molecule has 17 heavy (non-hydrogen) atoms. The van der Waals surface area contributed by atoms with Gasteiger partial charge in [0.1, 0.15) is 0 Å². The van der Waals surface area contributed by atoms with Crippen molar-refractivity contribution in [1.29, 1.82) is 0 Å². The fraction of sp³-hybridized carbons (Fsp3) is 0.600. The molecule has 1 fully saturated rings. The SMILES string of the molecule is CNC1CN(c2cc(C)cc(C)c2)C(C)(C)C1. The lowest BCUT2D eigenvalue weighted by Crippen LogP contribution is -2.38. The van der Waals surface area contributed by atoms with Gasteiger partial charge in [-0.25, -0.2) is 0 Å². The molecule has 1 heterocycles. The summed E-state index contributed by atoms with van der Waals surface area (Å²) in [7, 11) is 2.06. The zero-order valence-electron chi connectivity index (χ0n) is 11.7. The van der Waals surface area contributed by atoms with Crippen molar-refractivity contribution in [1.82, 2.24) is 5.32 Å². The van der Waals surface area contributed by atoms with E-state index in [1.165, 1.54) is 23.2 Å². The molecule has 2 rings (SSSR count). The summed E-state index contributed by atoms with van der Waals surface area (Å²) in [4.78, 5) is 2.54. The topological polar surface area (TPSA) is 15.3 Å². The van der Waals surface area contributed by atoms with Gasteiger partial charge in [-0.3, -0.25) is 0 Å². The molecule has 0 saturated carbocycles. The van der Waals surface area contributed by atoms with Gasteiger partial charge >= 0.3 is 0 Å². The van der Waals surface area contributed by atoms with E-state index in [0.29, 0.717) is 6.04 Å². The Morgan fingerprint density at radius 1 is 1.18 bits per heavy atom. The van der Waals surface area contributed by atoms with Crippen molar-refractivity contribution >= 4 is 5.69 Å². The van der Waals surface area contributed by atoms with Crippen molar-refractivity contribution in [2.45, 2.75) is 45.7 Å². The maximum atomic E-state index is 3.41. The van der Waals surface area contributed by atoms with E-state index in [0.717, 1.165) is 6.54 Å². The Kier molecular flexibility index (Phi) is 3.17. The van der Waals surface area contributed by atoms with Crippen molar-refractivity contribution in [3.63, 3.8) is 0 Å². The molecule has 1 atom stereocenters. The number of hydrogen-bond acceptors (Lipinski definition) is 2. The standard InChI is InChI=1S/C15H24N2/c1-11-6-12(2)8-14(7-11)17-10-13(16-5)9-15(17,3)4/h6-8,13,16H,9-10H2,1-5H3. The zero-order chi connectivity index (χ0) is 12.6. The van der Waals surface area contributed by atoms with Crippen LogP contribution in [0.2, 0.25) is 0 Å². The van der Waals surface area contributed by atoms with E-state index in [-0.39, 0.29) is 5.54 Å². The molecule has 1 aromatic carbocycles. The van der Waals surface area contributed by atoms with Crippen molar-refractivity contribution in [2.24, 2.45) is 0 Å². The number of anilines is 1. The van der Waals surface area contributed by atoms with Crippen LogP contribution >= 0.6 is 0 Å². The lowest BCUT2D eigenvalue weighted by atomic mass is 9.99. The number of rotatable bonds is 2. The van der Waals surface area contributed by atoms with Gasteiger partial charge < -0.3 is 10.2 Å². The number of likely N-dealkylation sites (N-methyl/N-ethyl adjacent to an activating group) is 1. The highest BCUT2D eigenvalue weighted by Crippen LogP contribution is 2.34. The third-order valence-electron chi connectivity index (χ3n) is 3.81. The summed E-state index contributed by atoms with van der Waals surface area (Å²) in [6.07, 6.45) is 1.20. The van der Waals surface area contributed by atoms with Gasteiger partial charge in [0.25, 0.3) is 0 Å². The van der Waals surface area contributed by atoms with Crippen LogP contribution in [0.1, 0.15) is 31.4 Å². The summed E-state index contributed by atoms with van der Waals surface area (Å²) >= 11 is 0. The smallest absolute Gasteiger partial charge is 0.0376 e. The molecule has 1 aromatic rings. The molecule has 0 aliphatic carbocycles. The first kappa shape index (κ1) is 12.4. The summed E-state index contributed by atoms with van der Waals surface area (Å²) in [5.41, 5.74) is 4.31. The monoisotopic (exact) mass is 232 g/mol. The van der Waals surface area contributed by atoms with E-state index < -0.39 is 0 Å². The second kappa shape index (κ2) is 4.34. The van der Waals surface area contributed by atoms with Gasteiger partial charge in [-0.15, -0.1) is 0 Å². The highest BCUT2D eigenvalue weighted by Gasteiger charge is 2.37. The Labute approximate surface area is 105 Å². The van der Waals surface area contributed by atoms with Crippen molar-refractivity contribution in [2.75, 3.05) is 18.5 Å². The summed E-state index contributed by atoms with van der Waals surface area (Å²) in [6.45, 7) is 10.1. The van der Waals surface area contributed by atoms with Crippen LogP contribution in [0.15, 0.2) is 18.2 Å². The van der Waals surface area contributed by atoms with Gasteiger partial charge in [-0.2, -0.15) is 0 Å². The van der Waals surface area contributed by atoms with E-state index in [9.17, 15) is 0 Å². The second-order valence-corrected chi connectivity index (χ2v) is 5.96. The molecule has 2 heteroatoms. The number of nitrogens with one attached hydrogen (secondary N) is 1. The molecule has 0 aromatic heterocycles. The largest absolute Gasteiger partial charge is 0.365 e. The Bertz CT molecular complexity index is 389. The van der Waals surface area contributed by atoms with Gasteiger partial charge in [0.15, 0.2) is 0 Å². The number of hydrogen-bond donors (Lipinski definition) is 1. The number of aryl methyl sites for hydroxylation is 2. The molecule has 0 spiro atoms. The van der Waals surface area contributed by atoms with E-state index in [4.69, 9.17) is 0 Å².